The Morgan fingerprint density at radius 1 is 1.33 bits per heavy atom. The standard InChI is InChI=1S/C21H26FN3O2/c1-6-25-13(3)17-15(9-10-21(4,5)24-19(17)26)18(25)20(27)23-14-7-8-16(22)12(2)11-14/h7-8,11H,6,9-10H2,1-5H3,(H,23,27)(H,24,26). The van der Waals surface area contributed by atoms with Gasteiger partial charge in [0, 0.05) is 23.5 Å². The van der Waals surface area contributed by atoms with E-state index in [1.807, 2.05) is 32.3 Å². The van der Waals surface area contributed by atoms with Crippen molar-refractivity contribution in [2.45, 2.75) is 59.5 Å². The maximum Gasteiger partial charge on any atom is 0.272 e. The van der Waals surface area contributed by atoms with Gasteiger partial charge in [0.05, 0.1) is 5.56 Å². The quantitative estimate of drug-likeness (QED) is 0.857. The summed E-state index contributed by atoms with van der Waals surface area (Å²) >= 11 is 0. The van der Waals surface area contributed by atoms with Crippen molar-refractivity contribution < 1.29 is 14.0 Å². The number of amides is 2. The predicted molar refractivity (Wildman–Crippen MR) is 104 cm³/mol. The number of rotatable bonds is 3. The summed E-state index contributed by atoms with van der Waals surface area (Å²) in [6.45, 7) is 10.0. The van der Waals surface area contributed by atoms with Gasteiger partial charge in [-0.2, -0.15) is 0 Å². The van der Waals surface area contributed by atoms with Crippen molar-refractivity contribution in [3.05, 3.63) is 52.1 Å². The van der Waals surface area contributed by atoms with E-state index in [-0.39, 0.29) is 23.2 Å². The van der Waals surface area contributed by atoms with Crippen LogP contribution in [-0.4, -0.2) is 21.9 Å². The molecule has 0 saturated heterocycles. The van der Waals surface area contributed by atoms with Crippen LogP contribution >= 0.6 is 0 Å². The molecule has 5 nitrogen and oxygen atoms in total. The Morgan fingerprint density at radius 2 is 2.04 bits per heavy atom. The summed E-state index contributed by atoms with van der Waals surface area (Å²) in [6, 6.07) is 4.49. The third-order valence-electron chi connectivity index (χ3n) is 5.25. The molecule has 2 heterocycles. The van der Waals surface area contributed by atoms with Crippen LogP contribution in [0.15, 0.2) is 18.2 Å². The third kappa shape index (κ3) is 3.48. The summed E-state index contributed by atoms with van der Waals surface area (Å²) in [5, 5.41) is 5.92. The van der Waals surface area contributed by atoms with Crippen molar-refractivity contribution in [1.29, 1.82) is 0 Å². The molecule has 0 fully saturated rings. The number of nitrogens with zero attached hydrogens (tertiary/aromatic N) is 1. The van der Waals surface area contributed by atoms with Crippen molar-refractivity contribution in [2.24, 2.45) is 0 Å². The highest BCUT2D eigenvalue weighted by atomic mass is 19.1. The summed E-state index contributed by atoms with van der Waals surface area (Å²) < 4.78 is 15.4. The molecule has 0 spiro atoms. The lowest BCUT2D eigenvalue weighted by Gasteiger charge is -2.24. The number of aromatic nitrogens is 1. The van der Waals surface area contributed by atoms with E-state index in [0.29, 0.717) is 35.5 Å². The van der Waals surface area contributed by atoms with Crippen LogP contribution in [0.4, 0.5) is 10.1 Å². The first-order chi connectivity index (χ1) is 12.6. The molecule has 1 aromatic carbocycles. The van der Waals surface area contributed by atoms with Crippen molar-refractivity contribution in [1.82, 2.24) is 9.88 Å². The molecular formula is C21H26FN3O2. The lowest BCUT2D eigenvalue weighted by Crippen LogP contribution is -2.42. The number of aryl methyl sites for hydroxylation is 1. The minimum atomic E-state index is -0.325. The van der Waals surface area contributed by atoms with E-state index in [4.69, 9.17) is 0 Å². The number of fused-ring (bicyclic) bond motifs is 1. The van der Waals surface area contributed by atoms with Gasteiger partial charge in [-0.05, 0) is 76.8 Å². The number of nitrogens with one attached hydrogen (secondary N) is 2. The van der Waals surface area contributed by atoms with Gasteiger partial charge in [-0.1, -0.05) is 0 Å². The number of hydrogen-bond donors (Lipinski definition) is 2. The molecule has 2 amide bonds. The summed E-state index contributed by atoms with van der Waals surface area (Å²) in [6.07, 6.45) is 1.38. The highest BCUT2D eigenvalue weighted by molar-refractivity contribution is 6.08. The highest BCUT2D eigenvalue weighted by Crippen LogP contribution is 2.30. The molecule has 0 unspecified atom stereocenters. The van der Waals surface area contributed by atoms with Crippen LogP contribution in [0.25, 0.3) is 0 Å². The van der Waals surface area contributed by atoms with E-state index in [1.165, 1.54) is 6.07 Å². The van der Waals surface area contributed by atoms with Gasteiger partial charge in [-0.3, -0.25) is 9.59 Å². The first-order valence-electron chi connectivity index (χ1n) is 9.26. The fourth-order valence-corrected chi connectivity index (χ4v) is 3.78. The monoisotopic (exact) mass is 371 g/mol. The van der Waals surface area contributed by atoms with Gasteiger partial charge in [-0.25, -0.2) is 4.39 Å². The molecule has 1 aromatic heterocycles. The fraction of sp³-hybridized carbons (Fsp3) is 0.429. The molecule has 1 aliphatic rings. The number of halogens is 1. The number of benzene rings is 1. The van der Waals surface area contributed by atoms with Crippen LogP contribution in [0.3, 0.4) is 0 Å². The molecule has 6 heteroatoms. The summed E-state index contributed by atoms with van der Waals surface area (Å²) in [4.78, 5) is 25.9. The van der Waals surface area contributed by atoms with Crippen LogP contribution in [0, 0.1) is 19.7 Å². The first kappa shape index (κ1) is 19.1. The minimum Gasteiger partial charge on any atom is -0.347 e. The van der Waals surface area contributed by atoms with E-state index in [1.54, 1.807) is 19.1 Å². The second kappa shape index (κ2) is 6.83. The zero-order valence-electron chi connectivity index (χ0n) is 16.5. The number of carbonyl (C=O) groups excluding carboxylic acids is 2. The number of hydrogen-bond acceptors (Lipinski definition) is 2. The molecule has 0 aliphatic carbocycles. The lowest BCUT2D eigenvalue weighted by molar-refractivity contribution is 0.0914. The Hall–Kier alpha value is -2.63. The van der Waals surface area contributed by atoms with Crippen molar-refractivity contribution >= 4 is 17.5 Å². The van der Waals surface area contributed by atoms with E-state index < -0.39 is 0 Å². The largest absolute Gasteiger partial charge is 0.347 e. The summed E-state index contributed by atoms with van der Waals surface area (Å²) in [5.74, 6) is -0.725. The SMILES string of the molecule is CCn1c(C)c2c(c1C(=O)Nc1ccc(F)c(C)c1)CCC(C)(C)NC2=O. The van der Waals surface area contributed by atoms with Crippen LogP contribution < -0.4 is 10.6 Å². The minimum absolute atomic E-state index is 0.135. The summed E-state index contributed by atoms with van der Waals surface area (Å²) in [5.41, 5.74) is 3.37. The topological polar surface area (TPSA) is 63.1 Å². The van der Waals surface area contributed by atoms with Crippen LogP contribution in [0.5, 0.6) is 0 Å². The van der Waals surface area contributed by atoms with E-state index in [2.05, 4.69) is 10.6 Å². The molecule has 1 aliphatic heterocycles. The van der Waals surface area contributed by atoms with Gasteiger partial charge in [0.1, 0.15) is 11.5 Å². The Balaban J connectivity index is 2.05. The molecule has 0 saturated carbocycles. The maximum atomic E-state index is 13.5. The van der Waals surface area contributed by atoms with Gasteiger partial charge in [-0.15, -0.1) is 0 Å². The van der Waals surface area contributed by atoms with Crippen molar-refractivity contribution in [3.8, 4) is 0 Å². The second-order valence-electron chi connectivity index (χ2n) is 7.79. The maximum absolute atomic E-state index is 13.5. The van der Waals surface area contributed by atoms with Gasteiger partial charge >= 0.3 is 0 Å². The third-order valence-corrected chi connectivity index (χ3v) is 5.25. The van der Waals surface area contributed by atoms with Crippen molar-refractivity contribution in [3.63, 3.8) is 0 Å². The predicted octanol–water partition coefficient (Wildman–Crippen LogP) is 3.97. The number of carbonyl (C=O) groups is 2. The number of anilines is 1. The zero-order valence-corrected chi connectivity index (χ0v) is 16.5. The second-order valence-corrected chi connectivity index (χ2v) is 7.79. The van der Waals surface area contributed by atoms with E-state index in [0.717, 1.165) is 17.7 Å². The molecule has 144 valence electrons. The molecule has 0 atom stereocenters. The average Bonchev–Trinajstić information content (AvgIpc) is 2.80. The first-order valence-corrected chi connectivity index (χ1v) is 9.26. The molecule has 27 heavy (non-hydrogen) atoms. The van der Waals surface area contributed by atoms with Gasteiger partial charge in [0.25, 0.3) is 11.8 Å². The highest BCUT2D eigenvalue weighted by Gasteiger charge is 2.34. The molecular weight excluding hydrogens is 345 g/mol. The Bertz CT molecular complexity index is 928. The Morgan fingerprint density at radius 3 is 2.67 bits per heavy atom. The van der Waals surface area contributed by atoms with E-state index in [9.17, 15) is 14.0 Å². The van der Waals surface area contributed by atoms with Gasteiger partial charge < -0.3 is 15.2 Å². The smallest absolute Gasteiger partial charge is 0.272 e. The Kier molecular flexibility index (Phi) is 4.84. The van der Waals surface area contributed by atoms with Crippen LogP contribution in [-0.2, 0) is 13.0 Å². The Labute approximate surface area is 159 Å². The molecule has 2 aromatic rings. The molecule has 0 bridgehead atoms. The van der Waals surface area contributed by atoms with Crippen LogP contribution in [0.1, 0.15) is 64.9 Å². The molecule has 3 rings (SSSR count). The normalized spacial score (nSPS) is 15.7. The fourth-order valence-electron chi connectivity index (χ4n) is 3.78. The van der Waals surface area contributed by atoms with Gasteiger partial charge in [0.15, 0.2) is 0 Å². The molecule has 0 radical (unpaired) electrons. The zero-order chi connectivity index (χ0) is 19.9. The van der Waals surface area contributed by atoms with Gasteiger partial charge in [0.2, 0.25) is 0 Å². The van der Waals surface area contributed by atoms with Crippen LogP contribution in [0.2, 0.25) is 0 Å². The molecule has 2 N–H and O–H groups in total. The van der Waals surface area contributed by atoms with Crippen molar-refractivity contribution in [2.75, 3.05) is 5.32 Å². The summed E-state index contributed by atoms with van der Waals surface area (Å²) in [7, 11) is 0. The van der Waals surface area contributed by atoms with E-state index >= 15 is 0 Å². The average molecular weight is 371 g/mol. The lowest BCUT2D eigenvalue weighted by atomic mass is 9.96.